The van der Waals surface area contributed by atoms with Gasteiger partial charge in [-0.05, 0) is 30.7 Å². The average Bonchev–Trinajstić information content (AvgIpc) is 2.30. The summed E-state index contributed by atoms with van der Waals surface area (Å²) in [5.41, 5.74) is 1.99. The largest absolute Gasteiger partial charge is 1.00 e. The van der Waals surface area contributed by atoms with Gasteiger partial charge in [0.1, 0.15) is 0 Å². The Morgan fingerprint density at radius 2 is 2.28 bits per heavy atom. The molecule has 1 aromatic carbocycles. The molecule has 0 aliphatic heterocycles. The number of thiocarbonyl (C=S) groups is 1. The minimum Gasteiger partial charge on any atom is -0.691 e. The number of halogens is 1. The molecule has 1 rings (SSSR count). The minimum absolute atomic E-state index is 0. The quantitative estimate of drug-likeness (QED) is 0.134. The average molecular weight is 407 g/mol. The van der Waals surface area contributed by atoms with E-state index in [0.717, 1.165) is 44.0 Å². The molecule has 0 aliphatic carbocycles. The fourth-order valence-corrected chi connectivity index (χ4v) is 2.75. The molecule has 0 aliphatic rings. The summed E-state index contributed by atoms with van der Waals surface area (Å²) in [6.45, 7) is 1.96. The van der Waals surface area contributed by atoms with E-state index in [1.807, 2.05) is 25.1 Å². The van der Waals surface area contributed by atoms with Gasteiger partial charge in [-0.2, -0.15) is 4.33 Å². The Bertz CT molecular complexity index is 395. The molecule has 0 saturated heterocycles. The Kier molecular flexibility index (Phi) is 11.5. The second-order valence-electron chi connectivity index (χ2n) is 3.18. The van der Waals surface area contributed by atoms with Crippen LogP contribution in [0.3, 0.4) is 0 Å². The molecule has 94 valence electrons. The van der Waals surface area contributed by atoms with Gasteiger partial charge in [0.05, 0.1) is 17.0 Å². The maximum Gasteiger partial charge on any atom is 1.00 e. The maximum absolute atomic E-state index is 9.70. The predicted molar refractivity (Wildman–Crippen MR) is 78.9 cm³/mol. The van der Waals surface area contributed by atoms with E-state index in [4.69, 9.17) is 12.2 Å². The third kappa shape index (κ3) is 7.01. The van der Waals surface area contributed by atoms with Crippen LogP contribution in [0.15, 0.2) is 23.1 Å². The fraction of sp³-hybridized carbons (Fsp3) is 0.300. The third-order valence-corrected chi connectivity index (χ3v) is 3.37. The first kappa shape index (κ1) is 19.1. The number of nitrogens with one attached hydrogen (secondary N) is 1. The summed E-state index contributed by atoms with van der Waals surface area (Å²) in [6, 6.07) is 5.61. The SMILES string of the molecule is Cc1cc(SOO[O-])ccc1NC(=S)CCI.[Na+]. The van der Waals surface area contributed by atoms with Crippen LogP contribution < -0.4 is 40.1 Å². The molecule has 0 radical (unpaired) electrons. The molecule has 1 aromatic rings. The van der Waals surface area contributed by atoms with Crippen LogP contribution in [0.25, 0.3) is 0 Å². The first-order valence-corrected chi connectivity index (χ1v) is 7.44. The van der Waals surface area contributed by atoms with Gasteiger partial charge in [0.15, 0.2) is 0 Å². The Hall–Kier alpha value is 1.07. The molecule has 0 atom stereocenters. The van der Waals surface area contributed by atoms with Crippen molar-refractivity contribution in [1.29, 1.82) is 0 Å². The van der Waals surface area contributed by atoms with Gasteiger partial charge in [-0.25, -0.2) is 0 Å². The van der Waals surface area contributed by atoms with Crippen molar-refractivity contribution < 1.29 is 44.2 Å². The standard InChI is InChI=1S/C10H12INO3S2.Na/c1-7-6-8(17-15-14-13)2-3-9(7)12-10(16)4-5-11;/h2-3,6,13H,4-5H2,1H3,(H,12,16);/q;+1/p-1. The van der Waals surface area contributed by atoms with Crippen LogP contribution >= 0.6 is 46.9 Å². The van der Waals surface area contributed by atoms with Crippen molar-refractivity contribution in [2.75, 3.05) is 9.74 Å². The molecule has 0 amide bonds. The van der Waals surface area contributed by atoms with Gasteiger partial charge in [0, 0.05) is 21.4 Å². The van der Waals surface area contributed by atoms with E-state index in [-0.39, 0.29) is 29.6 Å². The Balaban J connectivity index is 0.00000289. The van der Waals surface area contributed by atoms with Crippen molar-refractivity contribution in [2.45, 2.75) is 18.2 Å². The number of alkyl halides is 1. The number of anilines is 1. The zero-order valence-electron chi connectivity index (χ0n) is 10.1. The number of hydrogen-bond acceptors (Lipinski definition) is 5. The summed E-state index contributed by atoms with van der Waals surface area (Å²) < 4.78 is 5.24. The molecule has 1 N–H and O–H groups in total. The van der Waals surface area contributed by atoms with E-state index in [1.54, 1.807) is 0 Å². The van der Waals surface area contributed by atoms with Crippen molar-refractivity contribution in [3.63, 3.8) is 0 Å². The predicted octanol–water partition coefficient (Wildman–Crippen LogP) is -0.206. The van der Waals surface area contributed by atoms with E-state index in [2.05, 4.69) is 37.3 Å². The van der Waals surface area contributed by atoms with E-state index in [0.29, 0.717) is 0 Å². The maximum atomic E-state index is 9.70. The molecule has 0 unspecified atom stereocenters. The van der Waals surface area contributed by atoms with Gasteiger partial charge < -0.3 is 10.6 Å². The van der Waals surface area contributed by atoms with Crippen LogP contribution in [-0.4, -0.2) is 9.42 Å². The second kappa shape index (κ2) is 10.8. The molecule has 0 fully saturated rings. The van der Waals surface area contributed by atoms with E-state index in [9.17, 15) is 5.26 Å². The third-order valence-electron chi connectivity index (χ3n) is 1.95. The molecule has 4 nitrogen and oxygen atoms in total. The van der Waals surface area contributed by atoms with Gasteiger partial charge in [-0.3, -0.25) is 5.04 Å². The molecule has 8 heteroatoms. The zero-order valence-corrected chi connectivity index (χ0v) is 15.9. The Morgan fingerprint density at radius 3 is 2.83 bits per heavy atom. The number of benzene rings is 1. The normalized spacial score (nSPS) is 9.72. The van der Waals surface area contributed by atoms with Crippen molar-refractivity contribution in [3.8, 4) is 0 Å². The Labute approximate surface area is 152 Å². The smallest absolute Gasteiger partial charge is 0.691 e. The topological polar surface area (TPSA) is 53.5 Å². The van der Waals surface area contributed by atoms with Gasteiger partial charge >= 0.3 is 29.6 Å². The van der Waals surface area contributed by atoms with E-state index < -0.39 is 0 Å². The summed E-state index contributed by atoms with van der Waals surface area (Å²) in [5.74, 6) is 0. The van der Waals surface area contributed by atoms with Gasteiger partial charge in [0.25, 0.3) is 0 Å². The van der Waals surface area contributed by atoms with Crippen molar-refractivity contribution >= 4 is 57.5 Å². The Morgan fingerprint density at radius 1 is 1.56 bits per heavy atom. The minimum atomic E-state index is 0. The first-order chi connectivity index (χ1) is 8.17. The number of aryl methyl sites for hydroxylation is 1. The van der Waals surface area contributed by atoms with Crippen LogP contribution in [-0.2, 0) is 9.37 Å². The molecule has 0 spiro atoms. The number of rotatable bonds is 6. The van der Waals surface area contributed by atoms with E-state index >= 15 is 0 Å². The number of hydrogen-bond donors (Lipinski definition) is 1. The van der Waals surface area contributed by atoms with Gasteiger partial charge in [-0.15, -0.1) is 0 Å². The monoisotopic (exact) mass is 407 g/mol. The molecule has 0 aromatic heterocycles. The summed E-state index contributed by atoms with van der Waals surface area (Å²) in [7, 11) is 0. The van der Waals surface area contributed by atoms with Gasteiger partial charge in [-0.1, -0.05) is 34.8 Å². The van der Waals surface area contributed by atoms with Gasteiger partial charge in [0.2, 0.25) is 0 Å². The van der Waals surface area contributed by atoms with Crippen LogP contribution in [0.5, 0.6) is 0 Å². The summed E-state index contributed by atoms with van der Waals surface area (Å²) in [6.07, 6.45) is 0.860. The zero-order chi connectivity index (χ0) is 12.7. The molecular weight excluding hydrogens is 396 g/mol. The van der Waals surface area contributed by atoms with E-state index in [1.165, 1.54) is 0 Å². The van der Waals surface area contributed by atoms with Crippen LogP contribution in [0, 0.1) is 6.92 Å². The molecule has 0 saturated carbocycles. The summed E-state index contributed by atoms with van der Waals surface area (Å²) in [5, 5.41) is 16.2. The first-order valence-electron chi connectivity index (χ1n) is 4.77. The van der Waals surface area contributed by atoms with Crippen molar-refractivity contribution in [3.05, 3.63) is 23.8 Å². The second-order valence-corrected chi connectivity index (χ2v) is 5.53. The molecule has 18 heavy (non-hydrogen) atoms. The summed E-state index contributed by atoms with van der Waals surface area (Å²) in [4.78, 5) is 1.62. The summed E-state index contributed by atoms with van der Waals surface area (Å²) >= 11 is 8.35. The molecule has 0 heterocycles. The van der Waals surface area contributed by atoms with Crippen LogP contribution in [0.1, 0.15) is 12.0 Å². The molecule has 0 bridgehead atoms. The van der Waals surface area contributed by atoms with Crippen molar-refractivity contribution in [2.24, 2.45) is 0 Å². The fourth-order valence-electron chi connectivity index (χ4n) is 1.18. The van der Waals surface area contributed by atoms with Crippen LogP contribution in [0.2, 0.25) is 0 Å². The van der Waals surface area contributed by atoms with Crippen molar-refractivity contribution in [1.82, 2.24) is 0 Å². The van der Waals surface area contributed by atoms with Crippen LogP contribution in [0.4, 0.5) is 5.69 Å². The molecular formula is C10H11INNaO3S2.